The first-order valence-corrected chi connectivity index (χ1v) is 6.72. The number of urea groups is 1. The van der Waals surface area contributed by atoms with Crippen LogP contribution in [0.5, 0.6) is 5.75 Å². The molecule has 21 heavy (non-hydrogen) atoms. The number of phenols is 1. The molecule has 0 aliphatic heterocycles. The first-order chi connectivity index (χ1) is 9.95. The molecule has 0 atom stereocenters. The molecule has 2 aromatic carbocycles. The van der Waals surface area contributed by atoms with Crippen molar-refractivity contribution in [3.05, 3.63) is 52.5 Å². The molecule has 110 valence electrons. The number of nitrogens with one attached hydrogen (secondary N) is 2. The molecule has 0 aliphatic carbocycles. The lowest BCUT2D eigenvalue weighted by Crippen LogP contribution is -2.28. The molecule has 5 nitrogen and oxygen atoms in total. The predicted octanol–water partition coefficient (Wildman–Crippen LogP) is 3.26. The van der Waals surface area contributed by atoms with Gasteiger partial charge in [-0.3, -0.25) is 0 Å². The van der Waals surface area contributed by atoms with Crippen LogP contribution in [0.2, 0.25) is 5.02 Å². The first kappa shape index (κ1) is 15.0. The Morgan fingerprint density at radius 1 is 1.29 bits per heavy atom. The molecule has 2 aromatic rings. The third-order valence-electron chi connectivity index (χ3n) is 2.97. The zero-order valence-corrected chi connectivity index (χ0v) is 12.2. The predicted molar refractivity (Wildman–Crippen MR) is 84.6 cm³/mol. The summed E-state index contributed by atoms with van der Waals surface area (Å²) in [6.07, 6.45) is 0. The highest BCUT2D eigenvalue weighted by atomic mass is 35.5. The number of anilines is 2. The average Bonchev–Trinajstić information content (AvgIpc) is 2.44. The number of aryl methyl sites for hydroxylation is 1. The van der Waals surface area contributed by atoms with Gasteiger partial charge in [0.2, 0.25) is 0 Å². The van der Waals surface area contributed by atoms with Crippen LogP contribution >= 0.6 is 11.6 Å². The second kappa shape index (κ2) is 6.37. The molecule has 0 heterocycles. The number of carbonyl (C=O) groups is 1. The zero-order chi connectivity index (χ0) is 15.4. The molecule has 0 unspecified atom stereocenters. The maximum absolute atomic E-state index is 11.8. The second-order valence-corrected chi connectivity index (χ2v) is 5.07. The molecule has 2 amide bonds. The van der Waals surface area contributed by atoms with Crippen LogP contribution in [0.3, 0.4) is 0 Å². The Labute approximate surface area is 127 Å². The Morgan fingerprint density at radius 2 is 2.05 bits per heavy atom. The summed E-state index contributed by atoms with van der Waals surface area (Å²) in [6, 6.07) is 9.56. The van der Waals surface area contributed by atoms with E-state index < -0.39 is 6.03 Å². The quantitative estimate of drug-likeness (QED) is 0.518. The fraction of sp³-hybridized carbons (Fsp3) is 0.133. The van der Waals surface area contributed by atoms with Gasteiger partial charge in [-0.15, -0.1) is 0 Å². The van der Waals surface area contributed by atoms with E-state index >= 15 is 0 Å². The fourth-order valence-electron chi connectivity index (χ4n) is 1.77. The Bertz CT molecular complexity index is 674. The number of nitrogen functional groups attached to an aromatic ring is 1. The summed E-state index contributed by atoms with van der Waals surface area (Å²) in [5.74, 6) is 0.0860. The number of halogens is 1. The standard InChI is InChI=1S/C15H16ClN3O2/c1-9-2-4-12(7-13(9)16)19-15(21)18-8-10-6-11(17)3-5-14(10)20/h2-7,20H,8,17H2,1H3,(H2,18,19,21). The molecule has 0 fully saturated rings. The van der Waals surface area contributed by atoms with Gasteiger partial charge < -0.3 is 21.5 Å². The molecule has 0 bridgehead atoms. The van der Waals surface area contributed by atoms with Crippen molar-refractivity contribution in [3.8, 4) is 5.75 Å². The van der Waals surface area contributed by atoms with Crippen LogP contribution in [0.15, 0.2) is 36.4 Å². The van der Waals surface area contributed by atoms with Crippen LogP contribution in [0, 0.1) is 6.92 Å². The molecule has 0 radical (unpaired) electrons. The molecule has 0 spiro atoms. The highest BCUT2D eigenvalue weighted by Gasteiger charge is 2.06. The van der Waals surface area contributed by atoms with E-state index in [1.165, 1.54) is 6.07 Å². The van der Waals surface area contributed by atoms with Gasteiger partial charge >= 0.3 is 6.03 Å². The van der Waals surface area contributed by atoms with Crippen LogP contribution in [-0.2, 0) is 6.54 Å². The molecule has 6 heteroatoms. The number of hydrogen-bond acceptors (Lipinski definition) is 3. The minimum absolute atomic E-state index is 0.0860. The van der Waals surface area contributed by atoms with E-state index in [1.54, 1.807) is 24.3 Å². The molecule has 0 aromatic heterocycles. The summed E-state index contributed by atoms with van der Waals surface area (Å²) in [4.78, 5) is 11.8. The van der Waals surface area contributed by atoms with Crippen molar-refractivity contribution < 1.29 is 9.90 Å². The summed E-state index contributed by atoms with van der Waals surface area (Å²) in [7, 11) is 0. The maximum atomic E-state index is 11.8. The number of amides is 2. The number of aromatic hydroxyl groups is 1. The Balaban J connectivity index is 1.95. The molecule has 0 saturated heterocycles. The third kappa shape index (κ3) is 4.03. The van der Waals surface area contributed by atoms with Crippen molar-refractivity contribution in [2.75, 3.05) is 11.1 Å². The number of hydrogen-bond donors (Lipinski definition) is 4. The highest BCUT2D eigenvalue weighted by molar-refractivity contribution is 6.31. The van der Waals surface area contributed by atoms with Gasteiger partial charge in [-0.05, 0) is 42.8 Å². The van der Waals surface area contributed by atoms with Crippen molar-refractivity contribution in [2.45, 2.75) is 13.5 Å². The summed E-state index contributed by atoms with van der Waals surface area (Å²) in [5.41, 5.74) is 8.24. The minimum Gasteiger partial charge on any atom is -0.508 e. The molecule has 0 saturated carbocycles. The SMILES string of the molecule is Cc1ccc(NC(=O)NCc2cc(N)ccc2O)cc1Cl. The molecule has 2 rings (SSSR count). The van der Waals surface area contributed by atoms with Crippen LogP contribution in [0.4, 0.5) is 16.2 Å². The van der Waals surface area contributed by atoms with Gasteiger partial charge in [-0.1, -0.05) is 17.7 Å². The Hall–Kier alpha value is -2.40. The van der Waals surface area contributed by atoms with Crippen LogP contribution in [0.25, 0.3) is 0 Å². The zero-order valence-electron chi connectivity index (χ0n) is 11.5. The van der Waals surface area contributed by atoms with Crippen molar-refractivity contribution >= 4 is 29.0 Å². The lowest BCUT2D eigenvalue weighted by molar-refractivity contribution is 0.251. The fourth-order valence-corrected chi connectivity index (χ4v) is 1.95. The van der Waals surface area contributed by atoms with E-state index in [-0.39, 0.29) is 12.3 Å². The van der Waals surface area contributed by atoms with E-state index in [9.17, 15) is 9.90 Å². The van der Waals surface area contributed by atoms with Gasteiger partial charge in [0, 0.05) is 28.5 Å². The second-order valence-electron chi connectivity index (χ2n) is 4.66. The van der Waals surface area contributed by atoms with E-state index in [2.05, 4.69) is 10.6 Å². The van der Waals surface area contributed by atoms with Crippen molar-refractivity contribution in [2.24, 2.45) is 0 Å². The molecular weight excluding hydrogens is 290 g/mol. The Kier molecular flexibility index (Phi) is 4.55. The van der Waals surface area contributed by atoms with Crippen LogP contribution in [0.1, 0.15) is 11.1 Å². The van der Waals surface area contributed by atoms with Gasteiger partial charge in [0.15, 0.2) is 0 Å². The van der Waals surface area contributed by atoms with E-state index in [0.29, 0.717) is 22.0 Å². The monoisotopic (exact) mass is 305 g/mol. The number of phenolic OH excluding ortho intramolecular Hbond substituents is 1. The van der Waals surface area contributed by atoms with Gasteiger partial charge in [0.05, 0.1) is 0 Å². The van der Waals surface area contributed by atoms with Crippen molar-refractivity contribution in [1.82, 2.24) is 5.32 Å². The van der Waals surface area contributed by atoms with Crippen LogP contribution in [-0.4, -0.2) is 11.1 Å². The minimum atomic E-state index is -0.392. The summed E-state index contributed by atoms with van der Waals surface area (Å²) in [5, 5.41) is 15.6. The van der Waals surface area contributed by atoms with Crippen molar-refractivity contribution in [3.63, 3.8) is 0 Å². The lowest BCUT2D eigenvalue weighted by atomic mass is 10.2. The molecule has 0 aliphatic rings. The number of carbonyl (C=O) groups excluding carboxylic acids is 1. The van der Waals surface area contributed by atoms with Gasteiger partial charge in [0.25, 0.3) is 0 Å². The van der Waals surface area contributed by atoms with Crippen molar-refractivity contribution in [1.29, 1.82) is 0 Å². The maximum Gasteiger partial charge on any atom is 0.319 e. The summed E-state index contributed by atoms with van der Waals surface area (Å²) < 4.78 is 0. The van der Waals surface area contributed by atoms with E-state index in [4.69, 9.17) is 17.3 Å². The summed E-state index contributed by atoms with van der Waals surface area (Å²) in [6.45, 7) is 2.05. The van der Waals surface area contributed by atoms with Gasteiger partial charge in [0.1, 0.15) is 5.75 Å². The normalized spacial score (nSPS) is 10.2. The smallest absolute Gasteiger partial charge is 0.319 e. The van der Waals surface area contributed by atoms with E-state index in [0.717, 1.165) is 5.56 Å². The lowest BCUT2D eigenvalue weighted by Gasteiger charge is -2.10. The number of benzene rings is 2. The van der Waals surface area contributed by atoms with Gasteiger partial charge in [-0.25, -0.2) is 4.79 Å². The van der Waals surface area contributed by atoms with E-state index in [1.807, 2.05) is 13.0 Å². The van der Waals surface area contributed by atoms with Gasteiger partial charge in [-0.2, -0.15) is 0 Å². The Morgan fingerprint density at radius 3 is 2.76 bits per heavy atom. The average molecular weight is 306 g/mol. The first-order valence-electron chi connectivity index (χ1n) is 6.34. The third-order valence-corrected chi connectivity index (χ3v) is 3.38. The largest absolute Gasteiger partial charge is 0.508 e. The highest BCUT2D eigenvalue weighted by Crippen LogP contribution is 2.21. The molecular formula is C15H16ClN3O2. The van der Waals surface area contributed by atoms with Crippen LogP contribution < -0.4 is 16.4 Å². The number of rotatable bonds is 3. The number of nitrogens with two attached hydrogens (primary N) is 1. The summed E-state index contributed by atoms with van der Waals surface area (Å²) >= 11 is 5.99. The topological polar surface area (TPSA) is 87.4 Å². The molecule has 5 N–H and O–H groups in total.